The standard InChI is InChI=1S/C12H18N4O2/c1-14-11(17)6-7-15-12(18)16-10-4-2-9(8-13)3-5-10/h2-5H,6-8,13H2,1H3,(H,14,17)(H2,15,16,18). The van der Waals surface area contributed by atoms with E-state index in [1.165, 1.54) is 0 Å². The van der Waals surface area contributed by atoms with Crippen LogP contribution < -0.4 is 21.7 Å². The minimum Gasteiger partial charge on any atom is -0.359 e. The molecule has 0 saturated carbocycles. The molecule has 0 aliphatic carbocycles. The molecule has 5 N–H and O–H groups in total. The molecule has 1 aromatic rings. The second kappa shape index (κ2) is 7.29. The number of rotatable bonds is 5. The summed E-state index contributed by atoms with van der Waals surface area (Å²) in [6.07, 6.45) is 0.260. The van der Waals surface area contributed by atoms with E-state index < -0.39 is 0 Å². The summed E-state index contributed by atoms with van der Waals surface area (Å²) in [6.45, 7) is 0.769. The molecule has 1 rings (SSSR count). The summed E-state index contributed by atoms with van der Waals surface area (Å²) in [6, 6.07) is 6.92. The van der Waals surface area contributed by atoms with Gasteiger partial charge in [-0.1, -0.05) is 12.1 Å². The second-order valence-electron chi connectivity index (χ2n) is 3.71. The molecule has 0 heterocycles. The SMILES string of the molecule is CNC(=O)CCNC(=O)Nc1ccc(CN)cc1. The molecule has 0 aliphatic rings. The molecule has 0 spiro atoms. The van der Waals surface area contributed by atoms with Crippen molar-refractivity contribution in [2.45, 2.75) is 13.0 Å². The van der Waals surface area contributed by atoms with Crippen LogP contribution in [0.1, 0.15) is 12.0 Å². The molecule has 0 radical (unpaired) electrons. The molecule has 0 bridgehead atoms. The summed E-state index contributed by atoms with van der Waals surface area (Å²) in [5.41, 5.74) is 7.16. The average Bonchev–Trinajstić information content (AvgIpc) is 2.39. The van der Waals surface area contributed by atoms with Crippen molar-refractivity contribution < 1.29 is 9.59 Å². The Morgan fingerprint density at radius 3 is 2.44 bits per heavy atom. The lowest BCUT2D eigenvalue weighted by Crippen LogP contribution is -2.32. The number of hydrogen-bond acceptors (Lipinski definition) is 3. The first-order valence-corrected chi connectivity index (χ1v) is 5.70. The quantitative estimate of drug-likeness (QED) is 0.609. The third kappa shape index (κ3) is 4.84. The Morgan fingerprint density at radius 2 is 1.89 bits per heavy atom. The topological polar surface area (TPSA) is 96.2 Å². The minimum absolute atomic E-state index is 0.109. The average molecular weight is 250 g/mol. The van der Waals surface area contributed by atoms with Crippen molar-refractivity contribution in [3.8, 4) is 0 Å². The Labute approximate surface area is 106 Å². The van der Waals surface area contributed by atoms with Crippen molar-refractivity contribution in [3.63, 3.8) is 0 Å². The van der Waals surface area contributed by atoms with Crippen LogP contribution in [-0.2, 0) is 11.3 Å². The molecule has 6 heteroatoms. The van der Waals surface area contributed by atoms with E-state index in [0.717, 1.165) is 5.56 Å². The van der Waals surface area contributed by atoms with Crippen molar-refractivity contribution in [3.05, 3.63) is 29.8 Å². The highest BCUT2D eigenvalue weighted by Gasteiger charge is 2.02. The lowest BCUT2D eigenvalue weighted by molar-refractivity contribution is -0.120. The van der Waals surface area contributed by atoms with Gasteiger partial charge in [-0.3, -0.25) is 4.79 Å². The van der Waals surface area contributed by atoms with Crippen LogP contribution in [0.15, 0.2) is 24.3 Å². The van der Waals surface area contributed by atoms with E-state index >= 15 is 0 Å². The lowest BCUT2D eigenvalue weighted by atomic mass is 10.2. The van der Waals surface area contributed by atoms with E-state index in [4.69, 9.17) is 5.73 Å². The maximum atomic E-state index is 11.5. The highest BCUT2D eigenvalue weighted by molar-refractivity contribution is 5.89. The van der Waals surface area contributed by atoms with Gasteiger partial charge in [0.25, 0.3) is 0 Å². The molecule has 0 saturated heterocycles. The summed E-state index contributed by atoms with van der Waals surface area (Å²) in [4.78, 5) is 22.4. The van der Waals surface area contributed by atoms with Crippen molar-refractivity contribution >= 4 is 17.6 Å². The molecule has 18 heavy (non-hydrogen) atoms. The van der Waals surface area contributed by atoms with E-state index in [-0.39, 0.29) is 18.4 Å². The Balaban J connectivity index is 2.32. The van der Waals surface area contributed by atoms with Crippen LogP contribution in [0.5, 0.6) is 0 Å². The number of nitrogens with two attached hydrogens (primary N) is 1. The Bertz CT molecular complexity index is 403. The zero-order valence-electron chi connectivity index (χ0n) is 10.3. The van der Waals surface area contributed by atoms with Crippen molar-refractivity contribution in [1.29, 1.82) is 0 Å². The normalized spacial score (nSPS) is 9.67. The van der Waals surface area contributed by atoms with Crippen molar-refractivity contribution in [1.82, 2.24) is 10.6 Å². The number of anilines is 1. The van der Waals surface area contributed by atoms with Crippen LogP contribution in [0.4, 0.5) is 10.5 Å². The van der Waals surface area contributed by atoms with Crippen LogP contribution in [-0.4, -0.2) is 25.5 Å². The molecule has 98 valence electrons. The number of nitrogens with one attached hydrogen (secondary N) is 3. The summed E-state index contributed by atoms with van der Waals surface area (Å²) in [5.74, 6) is -0.109. The monoisotopic (exact) mass is 250 g/mol. The van der Waals surface area contributed by atoms with Gasteiger partial charge in [0.05, 0.1) is 0 Å². The molecule has 1 aromatic carbocycles. The number of amides is 3. The van der Waals surface area contributed by atoms with Gasteiger partial charge in [0.15, 0.2) is 0 Å². The number of benzene rings is 1. The molecule has 0 aromatic heterocycles. The summed E-state index contributed by atoms with van der Waals surface area (Å²) < 4.78 is 0. The van der Waals surface area contributed by atoms with Crippen LogP contribution in [0.25, 0.3) is 0 Å². The molecule has 0 atom stereocenters. The second-order valence-corrected chi connectivity index (χ2v) is 3.71. The molecular weight excluding hydrogens is 232 g/mol. The molecule has 6 nitrogen and oxygen atoms in total. The van der Waals surface area contributed by atoms with E-state index in [1.807, 2.05) is 12.1 Å². The first-order chi connectivity index (χ1) is 8.65. The maximum Gasteiger partial charge on any atom is 0.319 e. The Hall–Kier alpha value is -2.08. The highest BCUT2D eigenvalue weighted by Crippen LogP contribution is 2.08. The van der Waals surface area contributed by atoms with E-state index in [2.05, 4.69) is 16.0 Å². The highest BCUT2D eigenvalue weighted by atomic mass is 16.2. The van der Waals surface area contributed by atoms with Gasteiger partial charge in [-0.15, -0.1) is 0 Å². The Kier molecular flexibility index (Phi) is 5.66. The predicted octanol–water partition coefficient (Wildman–Crippen LogP) is 0.403. The van der Waals surface area contributed by atoms with Gasteiger partial charge in [0, 0.05) is 32.2 Å². The molecule has 0 fully saturated rings. The minimum atomic E-state index is -0.334. The van der Waals surface area contributed by atoms with Crippen LogP contribution >= 0.6 is 0 Å². The number of carbonyl (C=O) groups excluding carboxylic acids is 2. The number of hydrogen-bond donors (Lipinski definition) is 4. The van der Waals surface area contributed by atoms with Crippen LogP contribution in [0.2, 0.25) is 0 Å². The number of carbonyl (C=O) groups is 2. The Morgan fingerprint density at radius 1 is 1.22 bits per heavy atom. The predicted molar refractivity (Wildman–Crippen MR) is 70.0 cm³/mol. The van der Waals surface area contributed by atoms with Gasteiger partial charge in [-0.25, -0.2) is 4.79 Å². The van der Waals surface area contributed by atoms with Gasteiger partial charge >= 0.3 is 6.03 Å². The largest absolute Gasteiger partial charge is 0.359 e. The fourth-order valence-corrected chi connectivity index (χ4v) is 1.31. The first-order valence-electron chi connectivity index (χ1n) is 5.70. The smallest absolute Gasteiger partial charge is 0.319 e. The third-order valence-corrected chi connectivity index (χ3v) is 2.36. The van der Waals surface area contributed by atoms with Gasteiger partial charge in [-0.2, -0.15) is 0 Å². The zero-order valence-corrected chi connectivity index (χ0v) is 10.3. The van der Waals surface area contributed by atoms with Gasteiger partial charge in [0.1, 0.15) is 0 Å². The first kappa shape index (κ1) is 14.0. The van der Waals surface area contributed by atoms with E-state index in [0.29, 0.717) is 18.8 Å². The lowest BCUT2D eigenvalue weighted by Gasteiger charge is -2.07. The van der Waals surface area contributed by atoms with Gasteiger partial charge in [-0.05, 0) is 17.7 Å². The van der Waals surface area contributed by atoms with Crippen LogP contribution in [0, 0.1) is 0 Å². The van der Waals surface area contributed by atoms with Crippen molar-refractivity contribution in [2.24, 2.45) is 5.73 Å². The molecular formula is C12H18N4O2. The molecule has 0 unspecified atom stereocenters. The van der Waals surface area contributed by atoms with Crippen LogP contribution in [0.3, 0.4) is 0 Å². The summed E-state index contributed by atoms with van der Waals surface area (Å²) >= 11 is 0. The number of urea groups is 1. The summed E-state index contributed by atoms with van der Waals surface area (Å²) in [7, 11) is 1.56. The van der Waals surface area contributed by atoms with Gasteiger partial charge < -0.3 is 21.7 Å². The molecule has 0 aliphatic heterocycles. The van der Waals surface area contributed by atoms with Crippen molar-refractivity contribution in [2.75, 3.05) is 18.9 Å². The fourth-order valence-electron chi connectivity index (χ4n) is 1.31. The molecule has 3 amide bonds. The fraction of sp³-hybridized carbons (Fsp3) is 0.333. The van der Waals surface area contributed by atoms with Gasteiger partial charge in [0.2, 0.25) is 5.91 Å². The maximum absolute atomic E-state index is 11.5. The zero-order chi connectivity index (χ0) is 13.4. The third-order valence-electron chi connectivity index (χ3n) is 2.36. The van der Waals surface area contributed by atoms with E-state index in [1.54, 1.807) is 19.2 Å². The summed E-state index contributed by atoms with van der Waals surface area (Å²) in [5, 5.41) is 7.73. The van der Waals surface area contributed by atoms with E-state index in [9.17, 15) is 9.59 Å².